The molecule has 1 aromatic heterocycles. The van der Waals surface area contributed by atoms with Gasteiger partial charge < -0.3 is 0 Å². The van der Waals surface area contributed by atoms with Crippen LogP contribution >= 0.6 is 35.0 Å². The van der Waals surface area contributed by atoms with Crippen LogP contribution in [0, 0.1) is 11.3 Å². The number of rotatable bonds is 4. The number of aromatic nitrogens is 2. The molecule has 0 amide bonds. The van der Waals surface area contributed by atoms with Crippen molar-refractivity contribution in [1.29, 1.82) is 5.26 Å². The summed E-state index contributed by atoms with van der Waals surface area (Å²) in [5.41, 5.74) is 1.45. The highest BCUT2D eigenvalue weighted by atomic mass is 35.5. The number of hydrogen-bond donors (Lipinski definition) is 0. The van der Waals surface area contributed by atoms with Gasteiger partial charge in [0, 0.05) is 14.9 Å². The van der Waals surface area contributed by atoms with Gasteiger partial charge in [-0.05, 0) is 54.1 Å². The monoisotopic (exact) mass is 371 g/mol. The van der Waals surface area contributed by atoms with E-state index in [1.165, 1.54) is 11.8 Å². The van der Waals surface area contributed by atoms with Crippen LogP contribution in [0.1, 0.15) is 17.2 Å². The Balaban J connectivity index is 1.79. The first-order valence-corrected chi connectivity index (χ1v) is 8.65. The van der Waals surface area contributed by atoms with Crippen LogP contribution < -0.4 is 0 Å². The Kier molecular flexibility index (Phi) is 5.37. The molecule has 118 valence electrons. The number of halogens is 2. The van der Waals surface area contributed by atoms with Crippen LogP contribution in [0.3, 0.4) is 0 Å². The van der Waals surface area contributed by atoms with Crippen molar-refractivity contribution >= 4 is 35.0 Å². The standard InChI is InChI=1S/C18H11Cl2N3S/c19-13-3-1-12(2-4-13)16(11-21)17-9-10-18(23-22-17)24-15-7-5-14(20)6-8-15/h1-10,16H. The smallest absolute Gasteiger partial charge is 0.124 e. The number of hydrogen-bond acceptors (Lipinski definition) is 4. The van der Waals surface area contributed by atoms with Crippen molar-refractivity contribution in [2.24, 2.45) is 0 Å². The van der Waals surface area contributed by atoms with Gasteiger partial charge in [-0.15, -0.1) is 5.10 Å². The second-order valence-electron chi connectivity index (χ2n) is 4.97. The zero-order chi connectivity index (χ0) is 16.9. The van der Waals surface area contributed by atoms with E-state index in [4.69, 9.17) is 23.2 Å². The van der Waals surface area contributed by atoms with Crippen LogP contribution in [0.4, 0.5) is 0 Å². The number of nitriles is 1. The molecule has 24 heavy (non-hydrogen) atoms. The molecule has 1 atom stereocenters. The van der Waals surface area contributed by atoms with Gasteiger partial charge in [-0.2, -0.15) is 10.4 Å². The summed E-state index contributed by atoms with van der Waals surface area (Å²) in [5.74, 6) is -0.468. The Morgan fingerprint density at radius 1 is 0.833 bits per heavy atom. The second kappa shape index (κ2) is 7.67. The second-order valence-corrected chi connectivity index (χ2v) is 6.93. The number of benzene rings is 2. The maximum Gasteiger partial charge on any atom is 0.124 e. The summed E-state index contributed by atoms with van der Waals surface area (Å²) < 4.78 is 0. The lowest BCUT2D eigenvalue weighted by Gasteiger charge is -2.09. The van der Waals surface area contributed by atoms with Crippen molar-refractivity contribution in [2.45, 2.75) is 15.8 Å². The Bertz CT molecular complexity index is 857. The fourth-order valence-electron chi connectivity index (χ4n) is 2.13. The quantitative estimate of drug-likeness (QED) is 0.599. The molecule has 3 rings (SSSR count). The van der Waals surface area contributed by atoms with E-state index in [1.807, 2.05) is 48.5 Å². The minimum Gasteiger partial charge on any atom is -0.197 e. The third kappa shape index (κ3) is 4.07. The van der Waals surface area contributed by atoms with Crippen LogP contribution in [0.2, 0.25) is 10.0 Å². The SMILES string of the molecule is N#CC(c1ccc(Cl)cc1)c1ccc(Sc2ccc(Cl)cc2)nn1. The third-order valence-electron chi connectivity index (χ3n) is 3.32. The Morgan fingerprint density at radius 3 is 2.00 bits per heavy atom. The van der Waals surface area contributed by atoms with Crippen LogP contribution in [0.25, 0.3) is 0 Å². The van der Waals surface area contributed by atoms with Gasteiger partial charge in [-0.1, -0.05) is 47.1 Å². The van der Waals surface area contributed by atoms with E-state index < -0.39 is 5.92 Å². The van der Waals surface area contributed by atoms with E-state index in [0.717, 1.165) is 15.5 Å². The van der Waals surface area contributed by atoms with Crippen molar-refractivity contribution in [3.05, 3.63) is 82.0 Å². The summed E-state index contributed by atoms with van der Waals surface area (Å²) in [5, 5.41) is 20.0. The van der Waals surface area contributed by atoms with Crippen LogP contribution in [-0.2, 0) is 0 Å². The highest BCUT2D eigenvalue weighted by Crippen LogP contribution is 2.28. The zero-order valence-electron chi connectivity index (χ0n) is 12.4. The predicted molar refractivity (Wildman–Crippen MR) is 96.5 cm³/mol. The molecule has 0 spiro atoms. The van der Waals surface area contributed by atoms with Gasteiger partial charge in [-0.3, -0.25) is 0 Å². The lowest BCUT2D eigenvalue weighted by Crippen LogP contribution is -2.02. The minimum absolute atomic E-state index is 0.468. The van der Waals surface area contributed by atoms with E-state index in [-0.39, 0.29) is 0 Å². The lowest BCUT2D eigenvalue weighted by molar-refractivity contribution is 0.837. The van der Waals surface area contributed by atoms with Crippen LogP contribution in [-0.4, -0.2) is 10.2 Å². The molecule has 1 heterocycles. The van der Waals surface area contributed by atoms with E-state index >= 15 is 0 Å². The zero-order valence-corrected chi connectivity index (χ0v) is 14.7. The van der Waals surface area contributed by atoms with Crippen LogP contribution in [0.15, 0.2) is 70.6 Å². The molecule has 3 nitrogen and oxygen atoms in total. The highest BCUT2D eigenvalue weighted by molar-refractivity contribution is 7.99. The minimum atomic E-state index is -0.468. The van der Waals surface area contributed by atoms with Crippen molar-refractivity contribution < 1.29 is 0 Å². The summed E-state index contributed by atoms with van der Waals surface area (Å²) in [6.45, 7) is 0. The molecule has 0 aliphatic heterocycles. The Labute approximate surface area is 154 Å². The van der Waals surface area contributed by atoms with E-state index in [1.54, 1.807) is 12.1 Å². The largest absolute Gasteiger partial charge is 0.197 e. The molecule has 0 N–H and O–H groups in total. The summed E-state index contributed by atoms with van der Waals surface area (Å²) in [7, 11) is 0. The maximum absolute atomic E-state index is 9.46. The Morgan fingerprint density at radius 2 is 1.46 bits per heavy atom. The molecule has 1 unspecified atom stereocenters. The topological polar surface area (TPSA) is 49.6 Å². The first kappa shape index (κ1) is 16.8. The molecule has 3 aromatic rings. The molecule has 0 bridgehead atoms. The normalized spacial score (nSPS) is 11.7. The molecular formula is C18H11Cl2N3S. The van der Waals surface area contributed by atoms with E-state index in [0.29, 0.717) is 15.7 Å². The summed E-state index contributed by atoms with van der Waals surface area (Å²) in [6, 6.07) is 20.6. The van der Waals surface area contributed by atoms with Crippen molar-refractivity contribution in [3.63, 3.8) is 0 Å². The Hall–Kier alpha value is -2.06. The first-order chi connectivity index (χ1) is 11.7. The molecule has 0 saturated carbocycles. The van der Waals surface area contributed by atoms with Gasteiger partial charge >= 0.3 is 0 Å². The molecule has 2 aromatic carbocycles. The van der Waals surface area contributed by atoms with Crippen molar-refractivity contribution in [3.8, 4) is 6.07 Å². The maximum atomic E-state index is 9.46. The van der Waals surface area contributed by atoms with Gasteiger partial charge in [-0.25, -0.2) is 0 Å². The molecule has 0 aliphatic carbocycles. The van der Waals surface area contributed by atoms with E-state index in [2.05, 4.69) is 16.3 Å². The summed E-state index contributed by atoms with van der Waals surface area (Å²) in [6.07, 6.45) is 0. The molecule has 0 aliphatic rings. The molecule has 0 saturated heterocycles. The highest BCUT2D eigenvalue weighted by Gasteiger charge is 2.15. The van der Waals surface area contributed by atoms with Crippen LogP contribution in [0.5, 0.6) is 0 Å². The lowest BCUT2D eigenvalue weighted by atomic mass is 9.97. The van der Waals surface area contributed by atoms with Gasteiger partial charge in [0.25, 0.3) is 0 Å². The number of nitrogens with zero attached hydrogens (tertiary/aromatic N) is 3. The average molecular weight is 372 g/mol. The fourth-order valence-corrected chi connectivity index (χ4v) is 3.11. The van der Waals surface area contributed by atoms with Gasteiger partial charge in [0.1, 0.15) is 10.9 Å². The third-order valence-corrected chi connectivity index (χ3v) is 4.76. The molecule has 6 heteroatoms. The van der Waals surface area contributed by atoms with Crippen molar-refractivity contribution in [2.75, 3.05) is 0 Å². The predicted octanol–water partition coefficient (Wildman–Crippen LogP) is 5.59. The summed E-state index contributed by atoms with van der Waals surface area (Å²) in [4.78, 5) is 1.02. The van der Waals surface area contributed by atoms with Gasteiger partial charge in [0.2, 0.25) is 0 Å². The molecular weight excluding hydrogens is 361 g/mol. The van der Waals surface area contributed by atoms with Gasteiger partial charge in [0.05, 0.1) is 11.8 Å². The molecule has 0 fully saturated rings. The summed E-state index contributed by atoms with van der Waals surface area (Å²) >= 11 is 13.3. The van der Waals surface area contributed by atoms with Gasteiger partial charge in [0.15, 0.2) is 0 Å². The average Bonchev–Trinajstić information content (AvgIpc) is 2.61. The fraction of sp³-hybridized carbons (Fsp3) is 0.0556. The first-order valence-electron chi connectivity index (χ1n) is 7.08. The van der Waals surface area contributed by atoms with Crippen molar-refractivity contribution in [1.82, 2.24) is 10.2 Å². The van der Waals surface area contributed by atoms with E-state index in [9.17, 15) is 5.26 Å². The molecule has 0 radical (unpaired) electrons.